The minimum atomic E-state index is -3.26. The van der Waals surface area contributed by atoms with Crippen molar-refractivity contribution in [2.75, 3.05) is 0 Å². The highest BCUT2D eigenvalue weighted by Crippen LogP contribution is 2.34. The molecule has 0 heterocycles. The molecule has 0 saturated heterocycles. The Morgan fingerprint density at radius 1 is 1.28 bits per heavy atom. The van der Waals surface area contributed by atoms with Gasteiger partial charge in [-0.25, -0.2) is 12.8 Å². The number of rotatable bonds is 6. The zero-order chi connectivity index (χ0) is 14.8. The fraction of sp³-hybridized carbons (Fsp3) is 0.846. The Morgan fingerprint density at radius 2 is 1.72 bits per heavy atom. The first-order chi connectivity index (χ1) is 7.85. The van der Waals surface area contributed by atoms with Crippen LogP contribution in [0.1, 0.15) is 41.0 Å². The first kappa shape index (κ1) is 17.9. The lowest BCUT2D eigenvalue weighted by Gasteiger charge is -2.38. The smallest absolute Gasteiger partial charge is 0.208 e. The molecule has 3 nitrogen and oxygen atoms in total. The van der Waals surface area contributed by atoms with Crippen LogP contribution >= 0.6 is 0 Å². The SMILES string of the molecule is C=CCC(C)C(C)S(=O)(=O)N[Si](C)(C)C(C)(C)C. The highest BCUT2D eigenvalue weighted by Gasteiger charge is 2.41. The van der Waals surface area contributed by atoms with Crippen molar-refractivity contribution in [3.8, 4) is 0 Å². The van der Waals surface area contributed by atoms with Crippen molar-refractivity contribution in [1.82, 2.24) is 4.39 Å². The zero-order valence-corrected chi connectivity index (χ0v) is 14.7. The average molecular weight is 292 g/mol. The van der Waals surface area contributed by atoms with E-state index < -0.39 is 18.3 Å². The summed E-state index contributed by atoms with van der Waals surface area (Å²) in [5.41, 5.74) is 0. The van der Waals surface area contributed by atoms with Crippen molar-refractivity contribution >= 4 is 18.3 Å². The monoisotopic (exact) mass is 291 g/mol. The minimum Gasteiger partial charge on any atom is -0.237 e. The highest BCUT2D eigenvalue weighted by molar-refractivity contribution is 7.91. The second-order valence-electron chi connectivity index (χ2n) is 6.73. The van der Waals surface area contributed by atoms with Gasteiger partial charge in [0.2, 0.25) is 10.0 Å². The molecule has 0 aliphatic carbocycles. The predicted molar refractivity (Wildman–Crippen MR) is 82.7 cm³/mol. The Labute approximate surface area is 114 Å². The molecule has 108 valence electrons. The van der Waals surface area contributed by atoms with Crippen LogP contribution in [0.5, 0.6) is 0 Å². The van der Waals surface area contributed by atoms with E-state index in [2.05, 4.69) is 44.8 Å². The molecule has 0 bridgehead atoms. The molecule has 0 saturated carbocycles. The predicted octanol–water partition coefficient (Wildman–Crippen LogP) is 3.51. The summed E-state index contributed by atoms with van der Waals surface area (Å²) >= 11 is 0. The number of hydrogen-bond donors (Lipinski definition) is 1. The van der Waals surface area contributed by atoms with E-state index in [9.17, 15) is 8.42 Å². The van der Waals surface area contributed by atoms with E-state index >= 15 is 0 Å². The van der Waals surface area contributed by atoms with Crippen molar-refractivity contribution < 1.29 is 8.42 Å². The van der Waals surface area contributed by atoms with Crippen molar-refractivity contribution in [3.05, 3.63) is 12.7 Å². The molecule has 2 atom stereocenters. The van der Waals surface area contributed by atoms with Gasteiger partial charge < -0.3 is 0 Å². The van der Waals surface area contributed by atoms with Gasteiger partial charge in [0.25, 0.3) is 0 Å². The van der Waals surface area contributed by atoms with E-state index in [0.29, 0.717) is 0 Å². The lowest BCUT2D eigenvalue weighted by atomic mass is 10.1. The maximum atomic E-state index is 12.4. The molecule has 5 heteroatoms. The maximum absolute atomic E-state index is 12.4. The molecular weight excluding hydrogens is 262 g/mol. The summed E-state index contributed by atoms with van der Waals surface area (Å²) in [5.74, 6) is 0.0877. The lowest BCUT2D eigenvalue weighted by molar-refractivity contribution is 0.520. The summed E-state index contributed by atoms with van der Waals surface area (Å²) < 4.78 is 27.8. The van der Waals surface area contributed by atoms with Crippen LogP contribution in [0.4, 0.5) is 0 Å². The highest BCUT2D eigenvalue weighted by atomic mass is 32.2. The molecule has 0 aromatic rings. The number of allylic oxidation sites excluding steroid dienone is 1. The Bertz CT molecular complexity index is 382. The molecule has 0 aliphatic heterocycles. The van der Waals surface area contributed by atoms with Gasteiger partial charge in [-0.15, -0.1) is 6.58 Å². The Hall–Kier alpha value is -0.133. The van der Waals surface area contributed by atoms with Crippen LogP contribution in [0.25, 0.3) is 0 Å². The van der Waals surface area contributed by atoms with Crippen LogP contribution in [-0.4, -0.2) is 21.9 Å². The fourth-order valence-electron chi connectivity index (χ4n) is 1.36. The molecular formula is C13H29NO2SSi. The molecule has 0 rings (SSSR count). The van der Waals surface area contributed by atoms with Gasteiger partial charge >= 0.3 is 0 Å². The molecule has 2 unspecified atom stereocenters. The van der Waals surface area contributed by atoms with Gasteiger partial charge in [0.05, 0.1) is 5.25 Å². The standard InChI is InChI=1S/C13H29NO2SSi/c1-9-10-11(2)12(3)17(15,16)14-18(7,8)13(4,5)6/h9,11-12,14H,1,10H2,2-8H3. The Balaban J connectivity index is 5.03. The molecule has 18 heavy (non-hydrogen) atoms. The number of nitrogens with one attached hydrogen (secondary N) is 1. The second-order valence-corrected chi connectivity index (χ2v) is 14.1. The summed E-state index contributed by atoms with van der Waals surface area (Å²) in [6.07, 6.45) is 2.50. The lowest BCUT2D eigenvalue weighted by Crippen LogP contribution is -2.57. The molecule has 0 spiro atoms. The van der Waals surface area contributed by atoms with Crippen molar-refractivity contribution in [1.29, 1.82) is 0 Å². The van der Waals surface area contributed by atoms with Crippen molar-refractivity contribution in [3.63, 3.8) is 0 Å². The van der Waals surface area contributed by atoms with Crippen LogP contribution in [-0.2, 0) is 10.0 Å². The molecule has 0 radical (unpaired) electrons. The largest absolute Gasteiger partial charge is 0.237 e. The topological polar surface area (TPSA) is 46.2 Å². The van der Waals surface area contributed by atoms with Crippen LogP contribution in [0.15, 0.2) is 12.7 Å². The fourth-order valence-corrected chi connectivity index (χ4v) is 6.90. The number of sulfonamides is 1. The van der Waals surface area contributed by atoms with Crippen LogP contribution in [0, 0.1) is 5.92 Å². The molecule has 0 amide bonds. The van der Waals surface area contributed by atoms with Crippen molar-refractivity contribution in [2.45, 2.75) is 64.4 Å². The van der Waals surface area contributed by atoms with E-state index in [4.69, 9.17) is 0 Å². The van der Waals surface area contributed by atoms with Crippen LogP contribution < -0.4 is 4.39 Å². The summed E-state index contributed by atoms with van der Waals surface area (Å²) in [6.45, 7) is 17.8. The van der Waals surface area contributed by atoms with Gasteiger partial charge in [0.1, 0.15) is 8.24 Å². The molecule has 0 aromatic heterocycles. The van der Waals surface area contributed by atoms with Gasteiger partial charge in [-0.1, -0.05) is 46.9 Å². The Kier molecular flexibility index (Phi) is 5.84. The zero-order valence-electron chi connectivity index (χ0n) is 12.9. The van der Waals surface area contributed by atoms with Gasteiger partial charge in [-0.2, -0.15) is 0 Å². The van der Waals surface area contributed by atoms with E-state index in [1.54, 1.807) is 13.0 Å². The summed E-state index contributed by atoms with van der Waals surface area (Å²) in [5, 5.41) is -0.383. The van der Waals surface area contributed by atoms with E-state index in [0.717, 1.165) is 6.42 Å². The Morgan fingerprint density at radius 3 is 2.06 bits per heavy atom. The summed E-state index contributed by atoms with van der Waals surface area (Å²) in [6, 6.07) is 0. The third kappa shape index (κ3) is 4.52. The average Bonchev–Trinajstić information content (AvgIpc) is 2.13. The van der Waals surface area contributed by atoms with Crippen LogP contribution in [0.2, 0.25) is 18.1 Å². The third-order valence-corrected chi connectivity index (χ3v) is 12.5. The first-order valence-electron chi connectivity index (χ1n) is 6.49. The number of hydrogen-bond acceptors (Lipinski definition) is 2. The third-order valence-electron chi connectivity index (χ3n) is 4.10. The van der Waals surface area contributed by atoms with Gasteiger partial charge in [-0.3, -0.25) is 0 Å². The van der Waals surface area contributed by atoms with Gasteiger partial charge in [0.15, 0.2) is 0 Å². The minimum absolute atomic E-state index is 0.00145. The summed E-state index contributed by atoms with van der Waals surface area (Å²) in [7, 11) is -5.29. The molecule has 0 aliphatic rings. The quantitative estimate of drug-likeness (QED) is 0.601. The molecule has 0 fully saturated rings. The first-order valence-corrected chi connectivity index (χ1v) is 11.0. The van der Waals surface area contributed by atoms with E-state index in [1.165, 1.54) is 0 Å². The summed E-state index contributed by atoms with van der Waals surface area (Å²) in [4.78, 5) is 0. The molecule has 0 aromatic carbocycles. The molecule has 1 N–H and O–H groups in total. The van der Waals surface area contributed by atoms with Gasteiger partial charge in [0, 0.05) is 0 Å². The van der Waals surface area contributed by atoms with Gasteiger partial charge in [-0.05, 0) is 24.3 Å². The second kappa shape index (κ2) is 5.88. The van der Waals surface area contributed by atoms with Crippen LogP contribution in [0.3, 0.4) is 0 Å². The normalized spacial score (nSPS) is 17.3. The van der Waals surface area contributed by atoms with Crippen molar-refractivity contribution in [2.24, 2.45) is 5.92 Å². The maximum Gasteiger partial charge on any atom is 0.208 e. The van der Waals surface area contributed by atoms with E-state index in [1.807, 2.05) is 6.92 Å². The van der Waals surface area contributed by atoms with E-state index in [-0.39, 0.29) is 16.2 Å².